The number of hydrogen-bond donors (Lipinski definition) is 1. The molecule has 3 rings (SSSR count). The largest absolute Gasteiger partial charge is 0.354 e. The lowest BCUT2D eigenvalue weighted by molar-refractivity contribution is -0.140. The third kappa shape index (κ3) is 8.19. The summed E-state index contributed by atoms with van der Waals surface area (Å²) in [4.78, 5) is 29.1. The molecule has 8 heteroatoms. The van der Waals surface area contributed by atoms with Crippen LogP contribution >= 0.6 is 0 Å². The fraction of sp³-hybridized carbons (Fsp3) is 0.394. The molecule has 0 saturated heterocycles. The molecule has 3 aromatic carbocycles. The number of amides is 2. The Morgan fingerprint density at radius 1 is 0.878 bits per heavy atom. The van der Waals surface area contributed by atoms with Crippen LogP contribution in [0, 0.1) is 6.92 Å². The molecule has 220 valence electrons. The van der Waals surface area contributed by atoms with E-state index in [4.69, 9.17) is 0 Å². The minimum absolute atomic E-state index is 0.0931. The average molecular weight is 578 g/mol. The van der Waals surface area contributed by atoms with Gasteiger partial charge in [-0.3, -0.25) is 13.9 Å². The average Bonchev–Trinajstić information content (AvgIpc) is 2.97. The lowest BCUT2D eigenvalue weighted by atomic mass is 10.0. The number of rotatable bonds is 14. The molecule has 3 aromatic rings. The number of carbonyl (C=O) groups is 2. The second-order valence-electron chi connectivity index (χ2n) is 10.6. The molecule has 0 fully saturated rings. The van der Waals surface area contributed by atoms with Crippen LogP contribution < -0.4 is 9.62 Å². The summed E-state index contributed by atoms with van der Waals surface area (Å²) in [5.74, 6) is -0.411. The van der Waals surface area contributed by atoms with Gasteiger partial charge in [0.15, 0.2) is 0 Å². The highest BCUT2D eigenvalue weighted by Crippen LogP contribution is 2.27. The van der Waals surface area contributed by atoms with Crippen molar-refractivity contribution in [1.82, 2.24) is 10.2 Å². The molecule has 1 N–H and O–H groups in total. The first-order valence-corrected chi connectivity index (χ1v) is 15.8. The number of nitrogens with zero attached hydrogens (tertiary/aromatic N) is 2. The molecule has 0 heterocycles. The van der Waals surface area contributed by atoms with Gasteiger partial charge < -0.3 is 10.2 Å². The van der Waals surface area contributed by atoms with Crippen molar-refractivity contribution in [1.29, 1.82) is 0 Å². The number of carbonyl (C=O) groups excluding carboxylic acids is 2. The van der Waals surface area contributed by atoms with Crippen molar-refractivity contribution in [2.75, 3.05) is 17.4 Å². The molecule has 0 aromatic heterocycles. The maximum Gasteiger partial charge on any atom is 0.264 e. The molecule has 0 aliphatic heterocycles. The van der Waals surface area contributed by atoms with Gasteiger partial charge in [-0.15, -0.1) is 0 Å². The molecule has 1 unspecified atom stereocenters. The number of sulfonamides is 1. The summed E-state index contributed by atoms with van der Waals surface area (Å²) in [6.07, 6.45) is 2.16. The standard InChI is InChI=1S/C33H43N3O4S/c1-6-8-22-34-33(38)31(7-2)35(23-28-15-13-12-14-26(28)5)32(37)24-36(29-20-18-27(19-21-29)25(3)4)41(39,40)30-16-10-9-11-17-30/h9-21,25,31H,6-8,22-24H2,1-5H3,(H,34,38). The quantitative estimate of drug-likeness (QED) is 0.237. The first-order valence-electron chi connectivity index (χ1n) is 14.4. The molecular formula is C33H43N3O4S. The van der Waals surface area contributed by atoms with E-state index in [0.29, 0.717) is 18.7 Å². The van der Waals surface area contributed by atoms with E-state index in [2.05, 4.69) is 19.2 Å². The first kappa shape index (κ1) is 31.9. The Hall–Kier alpha value is -3.65. The van der Waals surface area contributed by atoms with Crippen LogP contribution in [0.2, 0.25) is 0 Å². The van der Waals surface area contributed by atoms with Gasteiger partial charge in [-0.1, -0.05) is 88.7 Å². The van der Waals surface area contributed by atoms with Crippen LogP contribution in [0.5, 0.6) is 0 Å². The number of unbranched alkanes of at least 4 members (excludes halogenated alkanes) is 1. The van der Waals surface area contributed by atoms with Gasteiger partial charge in [0.1, 0.15) is 12.6 Å². The molecule has 41 heavy (non-hydrogen) atoms. The zero-order valence-corrected chi connectivity index (χ0v) is 25.7. The van der Waals surface area contributed by atoms with Gasteiger partial charge in [-0.05, 0) is 66.6 Å². The van der Waals surface area contributed by atoms with Gasteiger partial charge in [0.25, 0.3) is 10.0 Å². The summed E-state index contributed by atoms with van der Waals surface area (Å²) in [5.41, 5.74) is 3.35. The second kappa shape index (κ2) is 14.8. The van der Waals surface area contributed by atoms with Crippen LogP contribution in [0.4, 0.5) is 5.69 Å². The van der Waals surface area contributed by atoms with Crippen LogP contribution in [0.15, 0.2) is 83.8 Å². The van der Waals surface area contributed by atoms with Crippen molar-refractivity contribution in [3.05, 3.63) is 95.6 Å². The molecule has 0 bridgehead atoms. The molecular weight excluding hydrogens is 534 g/mol. The lowest BCUT2D eigenvalue weighted by Gasteiger charge is -2.33. The number of benzene rings is 3. The summed E-state index contributed by atoms with van der Waals surface area (Å²) >= 11 is 0. The fourth-order valence-corrected chi connectivity index (χ4v) is 6.11. The van der Waals surface area contributed by atoms with E-state index in [9.17, 15) is 18.0 Å². The molecule has 2 amide bonds. The zero-order valence-electron chi connectivity index (χ0n) is 24.8. The monoisotopic (exact) mass is 577 g/mol. The molecule has 0 spiro atoms. The summed E-state index contributed by atoms with van der Waals surface area (Å²) in [7, 11) is -4.08. The van der Waals surface area contributed by atoms with E-state index >= 15 is 0 Å². The van der Waals surface area contributed by atoms with Gasteiger partial charge in [-0.2, -0.15) is 0 Å². The SMILES string of the molecule is CCCCNC(=O)C(CC)N(Cc1ccccc1C)C(=O)CN(c1ccc(C(C)C)cc1)S(=O)(=O)c1ccccc1. The summed E-state index contributed by atoms with van der Waals surface area (Å²) in [6, 6.07) is 22.3. The number of aryl methyl sites for hydroxylation is 1. The molecule has 7 nitrogen and oxygen atoms in total. The van der Waals surface area contributed by atoms with Crippen molar-refractivity contribution in [3.8, 4) is 0 Å². The molecule has 0 aliphatic carbocycles. The van der Waals surface area contributed by atoms with Crippen molar-refractivity contribution in [2.24, 2.45) is 0 Å². The second-order valence-corrected chi connectivity index (χ2v) is 12.5. The van der Waals surface area contributed by atoms with Crippen LogP contribution in [0.1, 0.15) is 69.6 Å². The van der Waals surface area contributed by atoms with E-state index in [1.807, 2.05) is 57.2 Å². The predicted octanol–water partition coefficient (Wildman–Crippen LogP) is 6.04. The van der Waals surface area contributed by atoms with E-state index < -0.39 is 28.5 Å². The minimum atomic E-state index is -4.08. The molecule has 0 saturated carbocycles. The summed E-state index contributed by atoms with van der Waals surface area (Å²) in [6.45, 7) is 10.3. The van der Waals surface area contributed by atoms with Gasteiger partial charge in [0, 0.05) is 13.1 Å². The van der Waals surface area contributed by atoms with Gasteiger partial charge in [-0.25, -0.2) is 8.42 Å². The highest BCUT2D eigenvalue weighted by molar-refractivity contribution is 7.92. The zero-order chi connectivity index (χ0) is 30.0. The Morgan fingerprint density at radius 3 is 2.10 bits per heavy atom. The van der Waals surface area contributed by atoms with Crippen LogP contribution in [-0.4, -0.2) is 44.3 Å². The predicted molar refractivity (Wildman–Crippen MR) is 165 cm³/mol. The lowest BCUT2D eigenvalue weighted by Crippen LogP contribution is -2.52. The Labute approximate surface area is 245 Å². The van der Waals surface area contributed by atoms with E-state index in [1.54, 1.807) is 30.3 Å². The maximum atomic E-state index is 14.2. The van der Waals surface area contributed by atoms with Gasteiger partial charge in [0.05, 0.1) is 10.6 Å². The van der Waals surface area contributed by atoms with Crippen molar-refractivity contribution in [3.63, 3.8) is 0 Å². The van der Waals surface area contributed by atoms with E-state index in [-0.39, 0.29) is 23.3 Å². The topological polar surface area (TPSA) is 86.8 Å². The highest BCUT2D eigenvalue weighted by Gasteiger charge is 2.33. The van der Waals surface area contributed by atoms with Gasteiger partial charge >= 0.3 is 0 Å². The van der Waals surface area contributed by atoms with Crippen molar-refractivity contribution < 1.29 is 18.0 Å². The van der Waals surface area contributed by atoms with Crippen molar-refractivity contribution in [2.45, 2.75) is 77.3 Å². The summed E-state index contributed by atoms with van der Waals surface area (Å²) in [5, 5.41) is 2.96. The fourth-order valence-electron chi connectivity index (χ4n) is 4.67. The van der Waals surface area contributed by atoms with E-state index in [0.717, 1.165) is 33.8 Å². The van der Waals surface area contributed by atoms with Gasteiger partial charge in [0.2, 0.25) is 11.8 Å². The Balaban J connectivity index is 2.05. The minimum Gasteiger partial charge on any atom is -0.354 e. The van der Waals surface area contributed by atoms with Crippen LogP contribution in [-0.2, 0) is 26.2 Å². The normalized spacial score (nSPS) is 12.1. The third-order valence-electron chi connectivity index (χ3n) is 7.28. The van der Waals surface area contributed by atoms with Crippen LogP contribution in [0.25, 0.3) is 0 Å². The Bertz CT molecular complexity index is 1390. The highest BCUT2D eigenvalue weighted by atomic mass is 32.2. The Morgan fingerprint density at radius 2 is 1.51 bits per heavy atom. The molecule has 0 aliphatic rings. The summed E-state index contributed by atoms with van der Waals surface area (Å²) < 4.78 is 29.0. The number of nitrogens with one attached hydrogen (secondary N) is 1. The number of hydrogen-bond acceptors (Lipinski definition) is 4. The molecule has 0 radical (unpaired) electrons. The molecule has 1 atom stereocenters. The maximum absolute atomic E-state index is 14.2. The number of anilines is 1. The smallest absolute Gasteiger partial charge is 0.264 e. The van der Waals surface area contributed by atoms with Crippen LogP contribution in [0.3, 0.4) is 0 Å². The third-order valence-corrected chi connectivity index (χ3v) is 9.06. The Kier molecular flexibility index (Phi) is 11.5. The van der Waals surface area contributed by atoms with E-state index in [1.165, 1.54) is 17.0 Å². The van der Waals surface area contributed by atoms with Crippen molar-refractivity contribution >= 4 is 27.5 Å². The first-order chi connectivity index (χ1) is 19.6.